The second kappa shape index (κ2) is 6.38. The molecule has 0 N–H and O–H groups in total. The summed E-state index contributed by atoms with van der Waals surface area (Å²) in [5.74, 6) is -0.286. The third-order valence-electron chi connectivity index (χ3n) is 5.67. The van der Waals surface area contributed by atoms with Crippen molar-refractivity contribution in [1.29, 1.82) is 0 Å². The molecule has 0 amide bonds. The van der Waals surface area contributed by atoms with E-state index >= 15 is 0 Å². The van der Waals surface area contributed by atoms with E-state index in [1.54, 1.807) is 0 Å². The lowest BCUT2D eigenvalue weighted by atomic mass is 9.82. The van der Waals surface area contributed by atoms with Crippen molar-refractivity contribution in [1.82, 2.24) is 4.98 Å². The molecule has 0 saturated heterocycles. The van der Waals surface area contributed by atoms with Gasteiger partial charge in [0.2, 0.25) is 0 Å². The van der Waals surface area contributed by atoms with Crippen molar-refractivity contribution < 1.29 is 4.39 Å². The van der Waals surface area contributed by atoms with E-state index in [0.29, 0.717) is 5.39 Å². The number of pyridine rings is 1. The summed E-state index contributed by atoms with van der Waals surface area (Å²) in [7, 11) is 0. The average Bonchev–Trinajstić information content (AvgIpc) is 2.72. The molecule has 0 spiro atoms. The van der Waals surface area contributed by atoms with E-state index in [1.165, 1.54) is 22.5 Å². The topological polar surface area (TPSA) is 12.9 Å². The number of hydrogen-bond donors (Lipinski definition) is 0. The highest BCUT2D eigenvalue weighted by Gasteiger charge is 2.20. The summed E-state index contributed by atoms with van der Waals surface area (Å²) in [6, 6.07) is 24.8. The molecule has 0 aliphatic carbocycles. The van der Waals surface area contributed by atoms with Crippen LogP contribution < -0.4 is 0 Å². The molecule has 1 heterocycles. The first-order valence-corrected chi connectivity index (χ1v) is 9.93. The number of benzene rings is 4. The normalized spacial score (nSPS) is 12.1. The van der Waals surface area contributed by atoms with Gasteiger partial charge in [-0.05, 0) is 44.7 Å². The van der Waals surface area contributed by atoms with Crippen LogP contribution in [0.4, 0.5) is 4.39 Å². The zero-order valence-electron chi connectivity index (χ0n) is 16.8. The molecule has 5 rings (SSSR count). The van der Waals surface area contributed by atoms with Gasteiger partial charge in [-0.25, -0.2) is 4.39 Å². The zero-order valence-corrected chi connectivity index (χ0v) is 16.8. The van der Waals surface area contributed by atoms with E-state index in [2.05, 4.69) is 68.2 Å². The van der Waals surface area contributed by atoms with Gasteiger partial charge in [0.25, 0.3) is 0 Å². The highest BCUT2D eigenvalue weighted by Crippen LogP contribution is 2.38. The zero-order chi connectivity index (χ0) is 20.2. The van der Waals surface area contributed by atoms with E-state index in [4.69, 9.17) is 0 Å². The van der Waals surface area contributed by atoms with E-state index in [0.717, 1.165) is 27.4 Å². The fourth-order valence-corrected chi connectivity index (χ4v) is 4.27. The van der Waals surface area contributed by atoms with Gasteiger partial charge in [-0.2, -0.15) is 0 Å². The molecule has 142 valence electrons. The van der Waals surface area contributed by atoms with Crippen LogP contribution in [0.15, 0.2) is 79.0 Å². The van der Waals surface area contributed by atoms with E-state index < -0.39 is 0 Å². The maximum Gasteiger partial charge on any atom is 0.149 e. The van der Waals surface area contributed by atoms with Gasteiger partial charge in [-0.15, -0.1) is 0 Å². The van der Waals surface area contributed by atoms with Crippen LogP contribution >= 0.6 is 0 Å². The Balaban J connectivity index is 1.93. The van der Waals surface area contributed by atoms with Gasteiger partial charge >= 0.3 is 0 Å². The highest BCUT2D eigenvalue weighted by molar-refractivity contribution is 6.13. The van der Waals surface area contributed by atoms with Crippen LogP contribution in [0.2, 0.25) is 0 Å². The van der Waals surface area contributed by atoms with Gasteiger partial charge in [-0.1, -0.05) is 81.4 Å². The summed E-state index contributed by atoms with van der Waals surface area (Å²) in [6.07, 6.45) is 1.35. The molecule has 0 fully saturated rings. The first kappa shape index (κ1) is 17.8. The van der Waals surface area contributed by atoms with Gasteiger partial charge < -0.3 is 0 Å². The molecule has 29 heavy (non-hydrogen) atoms. The summed E-state index contributed by atoms with van der Waals surface area (Å²) in [5.41, 5.74) is 3.10. The maximum absolute atomic E-state index is 14.7. The summed E-state index contributed by atoms with van der Waals surface area (Å²) in [4.78, 5) is 4.58. The third kappa shape index (κ3) is 2.87. The molecule has 0 radical (unpaired) electrons. The molecule has 0 aliphatic rings. The lowest BCUT2D eigenvalue weighted by Crippen LogP contribution is -2.12. The summed E-state index contributed by atoms with van der Waals surface area (Å²) in [6.45, 7) is 6.68. The van der Waals surface area contributed by atoms with Crippen LogP contribution in [0.3, 0.4) is 0 Å². The Labute approximate surface area is 169 Å². The van der Waals surface area contributed by atoms with E-state index in [1.807, 2.05) is 30.3 Å². The fourth-order valence-electron chi connectivity index (χ4n) is 4.27. The number of rotatable bonds is 1. The van der Waals surface area contributed by atoms with E-state index in [-0.39, 0.29) is 11.2 Å². The van der Waals surface area contributed by atoms with Crippen molar-refractivity contribution in [2.45, 2.75) is 26.2 Å². The van der Waals surface area contributed by atoms with E-state index in [9.17, 15) is 4.39 Å². The molecule has 1 aromatic heterocycles. The minimum atomic E-state index is -0.286. The molecule has 4 aromatic carbocycles. The lowest BCUT2D eigenvalue weighted by Gasteiger charge is -2.23. The van der Waals surface area contributed by atoms with Crippen LogP contribution in [0.1, 0.15) is 26.3 Å². The first-order chi connectivity index (χ1) is 13.9. The Bertz CT molecular complexity index is 1390. The van der Waals surface area contributed by atoms with Gasteiger partial charge in [0.15, 0.2) is 0 Å². The third-order valence-corrected chi connectivity index (χ3v) is 5.67. The van der Waals surface area contributed by atoms with Crippen LogP contribution in [0, 0.1) is 5.82 Å². The Morgan fingerprint density at radius 3 is 2.17 bits per heavy atom. The highest BCUT2D eigenvalue weighted by atomic mass is 19.1. The van der Waals surface area contributed by atoms with Gasteiger partial charge in [0.05, 0.1) is 11.9 Å². The molecule has 2 heteroatoms. The Hall–Kier alpha value is -3.26. The Morgan fingerprint density at radius 2 is 1.41 bits per heavy atom. The minimum Gasteiger partial charge on any atom is -0.253 e. The molecule has 0 unspecified atom stereocenters. The minimum absolute atomic E-state index is 0.0203. The van der Waals surface area contributed by atoms with Gasteiger partial charge in [-0.3, -0.25) is 4.98 Å². The quantitative estimate of drug-likeness (QED) is 0.273. The standard InChI is InChI=1S/C27H22FN/c1-27(2,3)23-15-19(14-18-9-5-6-10-20(18)23)26-25-21-11-7-4-8-17(21)12-13-22(25)24(28)16-29-26/h4-16H,1-3H3. The molecule has 0 bridgehead atoms. The SMILES string of the molecule is CC(C)(C)c1cc(-c2ncc(F)c3ccc4ccccc4c23)cc2ccccc12. The van der Waals surface area contributed by atoms with Gasteiger partial charge in [0, 0.05) is 16.3 Å². The second-order valence-corrected chi connectivity index (χ2v) is 8.66. The molecule has 0 aliphatic heterocycles. The average molecular weight is 379 g/mol. The lowest BCUT2D eigenvalue weighted by molar-refractivity contribution is 0.596. The monoisotopic (exact) mass is 379 g/mol. The van der Waals surface area contributed by atoms with Crippen molar-refractivity contribution in [3.63, 3.8) is 0 Å². The van der Waals surface area contributed by atoms with Crippen LogP contribution in [-0.2, 0) is 5.41 Å². The van der Waals surface area contributed by atoms with Crippen molar-refractivity contribution in [2.24, 2.45) is 0 Å². The van der Waals surface area contributed by atoms with Crippen molar-refractivity contribution in [3.8, 4) is 11.3 Å². The number of hydrogen-bond acceptors (Lipinski definition) is 1. The Kier molecular flexibility index (Phi) is 3.92. The second-order valence-electron chi connectivity index (χ2n) is 8.66. The van der Waals surface area contributed by atoms with Crippen LogP contribution in [0.5, 0.6) is 0 Å². The predicted molar refractivity (Wildman–Crippen MR) is 121 cm³/mol. The summed E-state index contributed by atoms with van der Waals surface area (Å²) >= 11 is 0. The number of halogens is 1. The van der Waals surface area contributed by atoms with Gasteiger partial charge in [0.1, 0.15) is 5.82 Å². The number of nitrogens with zero attached hydrogens (tertiary/aromatic N) is 1. The van der Waals surface area contributed by atoms with Crippen molar-refractivity contribution in [2.75, 3.05) is 0 Å². The molecule has 0 atom stereocenters. The fraction of sp³-hybridized carbons (Fsp3) is 0.148. The number of aromatic nitrogens is 1. The van der Waals surface area contributed by atoms with Crippen molar-refractivity contribution in [3.05, 3.63) is 90.4 Å². The molecular weight excluding hydrogens is 357 g/mol. The largest absolute Gasteiger partial charge is 0.253 e. The molecule has 0 saturated carbocycles. The molecular formula is C27H22FN. The smallest absolute Gasteiger partial charge is 0.149 e. The Morgan fingerprint density at radius 1 is 0.724 bits per heavy atom. The summed E-state index contributed by atoms with van der Waals surface area (Å²) in [5, 5.41) is 6.02. The first-order valence-electron chi connectivity index (χ1n) is 9.93. The summed E-state index contributed by atoms with van der Waals surface area (Å²) < 4.78 is 14.7. The predicted octanol–water partition coefficient (Wildman–Crippen LogP) is 7.64. The number of fused-ring (bicyclic) bond motifs is 4. The molecule has 5 aromatic rings. The van der Waals surface area contributed by atoms with Crippen LogP contribution in [0.25, 0.3) is 43.6 Å². The van der Waals surface area contributed by atoms with Crippen LogP contribution in [-0.4, -0.2) is 4.98 Å². The molecule has 1 nitrogen and oxygen atoms in total. The maximum atomic E-state index is 14.7. The van der Waals surface area contributed by atoms with Crippen molar-refractivity contribution >= 4 is 32.3 Å².